The number of anilines is 2. The van der Waals surface area contributed by atoms with E-state index < -0.39 is 0 Å². The Morgan fingerprint density at radius 1 is 0.355 bits per heavy atom. The van der Waals surface area contributed by atoms with Gasteiger partial charge in [0.1, 0.15) is 78.3 Å². The van der Waals surface area contributed by atoms with Gasteiger partial charge in [-0.2, -0.15) is 0 Å². The minimum Gasteiger partial charge on any atom is -0.384 e. The Labute approximate surface area is 677 Å². The molecule has 110 heavy (non-hydrogen) atoms. The van der Waals surface area contributed by atoms with Crippen molar-refractivity contribution in [2.45, 2.75) is 12.8 Å². The third kappa shape index (κ3) is 15.4. The van der Waals surface area contributed by atoms with Gasteiger partial charge >= 0.3 is 0 Å². The van der Waals surface area contributed by atoms with Crippen LogP contribution in [-0.2, 0) is 11.2 Å². The summed E-state index contributed by atoms with van der Waals surface area (Å²) in [5.41, 5.74) is 17.4. The van der Waals surface area contributed by atoms with Crippen molar-refractivity contribution in [2.24, 2.45) is 0 Å². The number of hydrogen-bond acceptors (Lipinski definition) is 20. The molecule has 14 aromatic heterocycles. The van der Waals surface area contributed by atoms with E-state index in [0.29, 0.717) is 110 Å². The molecule has 0 saturated carbocycles. The minimum absolute atomic E-state index is 0.0220. The van der Waals surface area contributed by atoms with Crippen LogP contribution in [0.15, 0.2) is 201 Å². The number of amides is 1. The lowest BCUT2D eigenvalue weighted by Gasteiger charge is -2.17. The molecule has 0 bridgehead atoms. The number of nitrogens with two attached hydrogens (primary N) is 1. The van der Waals surface area contributed by atoms with Gasteiger partial charge in [-0.1, -0.05) is 92.8 Å². The van der Waals surface area contributed by atoms with Crippen molar-refractivity contribution < 1.29 is 4.79 Å². The Bertz CT molecular complexity index is 6500. The number of halogens is 8. The Morgan fingerprint density at radius 3 is 1.20 bits per heavy atom. The highest BCUT2D eigenvalue weighted by molar-refractivity contribution is 7.20. The average Bonchev–Trinajstić information content (AvgIpc) is 1.63. The van der Waals surface area contributed by atoms with E-state index in [1.165, 1.54) is 46.4 Å². The summed E-state index contributed by atoms with van der Waals surface area (Å²) >= 11 is 56.0. The Hall–Kier alpha value is -10.9. The van der Waals surface area contributed by atoms with Gasteiger partial charge in [-0.05, 0) is 110 Å². The van der Waals surface area contributed by atoms with Gasteiger partial charge in [-0.15, -0.1) is 45.3 Å². The molecule has 1 aliphatic rings. The predicted molar refractivity (Wildman–Crippen MR) is 443 cm³/mol. The molecule has 23 nitrogen and oxygen atoms in total. The second-order valence-corrected chi connectivity index (χ2v) is 31.0. The van der Waals surface area contributed by atoms with Crippen molar-refractivity contribution in [3.63, 3.8) is 0 Å². The van der Waals surface area contributed by atoms with Gasteiger partial charge in [0.2, 0.25) is 11.5 Å². The summed E-state index contributed by atoms with van der Waals surface area (Å²) in [6.45, 7) is 0. The van der Waals surface area contributed by atoms with Crippen LogP contribution in [0.1, 0.15) is 12.0 Å². The molecule has 1 amide bonds. The number of rotatable bonds is 12. The van der Waals surface area contributed by atoms with E-state index in [1.807, 2.05) is 60.8 Å². The number of nitrogens with zero attached hydrogens (tertiary/aromatic N) is 13. The number of nitrogen functional groups attached to an aromatic ring is 1. The van der Waals surface area contributed by atoms with Crippen molar-refractivity contribution >= 4 is 178 Å². The van der Waals surface area contributed by atoms with Crippen molar-refractivity contribution in [1.82, 2.24) is 94.7 Å². The van der Waals surface area contributed by atoms with Gasteiger partial charge in [0.15, 0.2) is 0 Å². The van der Waals surface area contributed by atoms with E-state index in [-0.39, 0.29) is 11.5 Å². The first-order valence-electron chi connectivity index (χ1n) is 32.6. The SMILES string of the molecule is Clc1ccc(-c2nc(-c3ccnc4[nH]ccc34)sc2-c2ncc[nH]2)c(Cl)c1.Nc1cc(-c2nc(-c3ccc(Cl)cc3Cl)c(-c3ncc[nH]3)s2)ncn1.O=C1CCc2c(-c3nc(-c4ccc(Cl)cc4Cl)c(-c4ncc[nH]4)s3)ccnc2N1.O=c1ccc2c(-c3nc(-c4ccc(Cl)cc4Cl)c(-c4ncc[nH]4)s3)ccnc2[nH]1. The minimum atomic E-state index is -0.203. The molecule has 0 atom stereocenters. The van der Waals surface area contributed by atoms with Crippen molar-refractivity contribution in [3.8, 4) is 130 Å². The van der Waals surface area contributed by atoms with Crippen LogP contribution in [0.4, 0.5) is 11.6 Å². The number of pyridine rings is 4. The highest BCUT2D eigenvalue weighted by Crippen LogP contribution is 2.48. The Balaban J connectivity index is 0.000000112. The molecular weight excluding hydrogens is 1640 g/mol. The highest BCUT2D eigenvalue weighted by Gasteiger charge is 2.28. The number of thiazole rings is 4. The monoisotopic (exact) mass is 1680 g/mol. The number of aromatic amines is 6. The lowest BCUT2D eigenvalue weighted by Crippen LogP contribution is -2.20. The fourth-order valence-electron chi connectivity index (χ4n) is 11.8. The molecule has 9 N–H and O–H groups in total. The van der Waals surface area contributed by atoms with E-state index in [9.17, 15) is 9.59 Å². The van der Waals surface area contributed by atoms with Crippen LogP contribution >= 0.6 is 138 Å². The van der Waals surface area contributed by atoms with Gasteiger partial charge in [0.05, 0.1) is 62.4 Å². The number of hydrogen-bond donors (Lipinski definition) is 8. The summed E-state index contributed by atoms with van der Waals surface area (Å²) in [5, 5.41) is 12.2. The van der Waals surface area contributed by atoms with E-state index in [2.05, 4.69) is 80.1 Å². The third-order valence-electron chi connectivity index (χ3n) is 16.7. The number of carbonyl (C=O) groups is 1. The molecule has 0 fully saturated rings. The molecule has 0 spiro atoms. The van der Waals surface area contributed by atoms with Crippen LogP contribution in [0.5, 0.6) is 0 Å². The first kappa shape index (κ1) is 73.3. The topological polar surface area (TPSA) is 334 Å². The smallest absolute Gasteiger partial charge is 0.249 e. The Morgan fingerprint density at radius 2 is 0.764 bits per heavy atom. The van der Waals surface area contributed by atoms with Crippen molar-refractivity contribution in [2.75, 3.05) is 11.1 Å². The molecule has 0 aliphatic carbocycles. The largest absolute Gasteiger partial charge is 0.384 e. The maximum absolute atomic E-state index is 11.7. The molecular formula is C75H45Cl8N21O2S4. The summed E-state index contributed by atoms with van der Waals surface area (Å²) < 4.78 is 0. The molecule has 4 aromatic carbocycles. The second-order valence-electron chi connectivity index (χ2n) is 23.6. The van der Waals surface area contributed by atoms with E-state index >= 15 is 0 Å². The fraction of sp³-hybridized carbons (Fsp3) is 0.0267. The summed E-state index contributed by atoms with van der Waals surface area (Å²) in [4.78, 5) is 103. The summed E-state index contributed by atoms with van der Waals surface area (Å²) in [5.74, 6) is 3.81. The van der Waals surface area contributed by atoms with Crippen LogP contribution in [0.25, 0.3) is 152 Å². The standard InChI is InChI=1S/C20H13Cl2N5OS.C20H11Cl2N5OS.C19H11Cl2N5S.C16H10Cl2N6S/c2*21-10-1-2-13(14(22)9-10)16-17(19-24-7-8-25-19)29-20(27-16)12-5-6-23-18-11(12)3-4-15(28)26-18;20-10-1-2-13(14(21)9-10)15-16(18-24-7-8-25-18)27-19(26-15)12-4-6-23-17-11(12)3-5-22-17;17-8-1-2-9(10(18)5-8)13-14(15-20-3-4-21-15)25-16(24-13)11-6-12(19)23-7-22-11/h1-2,5-9H,3-4H2,(H,24,25)(H,23,26,28);1-9H,(H,24,25)(H,23,26,28);1-9H,(H,22,23)(H,24,25);1-7H,(H,20,21)(H2,19,22,23). The van der Waals surface area contributed by atoms with Gasteiger partial charge in [0, 0.05) is 168 Å². The Kier molecular flexibility index (Phi) is 21.3. The maximum Gasteiger partial charge on any atom is 0.249 e. The molecule has 1 aliphatic heterocycles. The zero-order valence-electron chi connectivity index (χ0n) is 55.8. The number of carbonyl (C=O) groups excluding carboxylic acids is 1. The number of benzene rings is 4. The normalized spacial score (nSPS) is 11.7. The van der Waals surface area contributed by atoms with Gasteiger partial charge in [-0.3, -0.25) is 9.59 Å². The van der Waals surface area contributed by atoms with Gasteiger partial charge in [0.25, 0.3) is 0 Å². The lowest BCUT2D eigenvalue weighted by molar-refractivity contribution is -0.116. The molecule has 19 rings (SSSR count). The van der Waals surface area contributed by atoms with E-state index in [1.54, 1.807) is 134 Å². The molecule has 0 saturated heterocycles. The van der Waals surface area contributed by atoms with Crippen LogP contribution in [0, 0.1) is 0 Å². The summed E-state index contributed by atoms with van der Waals surface area (Å²) in [6.07, 6.45) is 23.3. The van der Waals surface area contributed by atoms with Gasteiger partial charge in [-0.25, -0.2) is 64.8 Å². The van der Waals surface area contributed by atoms with Crippen LogP contribution in [0.3, 0.4) is 0 Å². The van der Waals surface area contributed by atoms with Crippen LogP contribution in [0.2, 0.25) is 40.2 Å². The van der Waals surface area contributed by atoms with E-state index in [0.717, 1.165) is 113 Å². The van der Waals surface area contributed by atoms with Crippen LogP contribution in [-0.4, -0.2) is 101 Å². The van der Waals surface area contributed by atoms with Gasteiger partial charge < -0.3 is 41.0 Å². The third-order valence-corrected chi connectivity index (χ3v) is 23.3. The first-order chi connectivity index (χ1) is 53.5. The number of aromatic nitrogens is 19. The zero-order valence-corrected chi connectivity index (χ0v) is 65.1. The predicted octanol–water partition coefficient (Wildman–Crippen LogP) is 21.5. The number of nitrogens with one attached hydrogen (secondary N) is 7. The fourth-order valence-corrected chi connectivity index (χ4v) is 18.0. The zero-order chi connectivity index (χ0) is 75.7. The van der Waals surface area contributed by atoms with Crippen molar-refractivity contribution in [1.29, 1.82) is 0 Å². The van der Waals surface area contributed by atoms with Crippen molar-refractivity contribution in [3.05, 3.63) is 252 Å². The van der Waals surface area contributed by atoms with Crippen LogP contribution < -0.4 is 16.6 Å². The molecule has 15 heterocycles. The maximum atomic E-state index is 11.7. The summed E-state index contributed by atoms with van der Waals surface area (Å²) in [7, 11) is 0. The molecule has 0 radical (unpaired) electrons. The molecule has 542 valence electrons. The second kappa shape index (κ2) is 32.0. The lowest BCUT2D eigenvalue weighted by atomic mass is 10.0. The highest BCUT2D eigenvalue weighted by atomic mass is 35.5. The number of imidazole rings is 4. The quantitative estimate of drug-likeness (QED) is 0.0563. The first-order valence-corrected chi connectivity index (χ1v) is 38.9. The summed E-state index contributed by atoms with van der Waals surface area (Å²) in [6, 6.07) is 34.0. The molecule has 0 unspecified atom stereocenters. The number of fused-ring (bicyclic) bond motifs is 3. The number of H-pyrrole nitrogens is 6. The molecule has 35 heteroatoms. The van der Waals surface area contributed by atoms with E-state index in [4.69, 9.17) is 118 Å². The average molecular weight is 1680 g/mol. The molecule has 18 aromatic rings.